The molecular weight excluding hydrogens is 360 g/mol. The van der Waals surface area contributed by atoms with E-state index in [4.69, 9.17) is 4.74 Å². The molecule has 2 N–H and O–H groups in total. The Morgan fingerprint density at radius 2 is 2.11 bits per heavy atom. The molecule has 9 heteroatoms. The second kappa shape index (κ2) is 8.12. The van der Waals surface area contributed by atoms with E-state index >= 15 is 0 Å². The number of urea groups is 1. The third-order valence-electron chi connectivity index (χ3n) is 4.83. The highest BCUT2D eigenvalue weighted by molar-refractivity contribution is 5.99. The summed E-state index contributed by atoms with van der Waals surface area (Å²) in [6, 6.07) is 6.90. The number of anilines is 3. The maximum atomic E-state index is 12.6. The zero-order chi connectivity index (χ0) is 19.3. The summed E-state index contributed by atoms with van der Waals surface area (Å²) in [6.45, 7) is 2.37. The minimum Gasteiger partial charge on any atom is -0.447 e. The van der Waals surface area contributed by atoms with Crippen LogP contribution in [0.15, 0.2) is 42.9 Å². The zero-order valence-electron chi connectivity index (χ0n) is 15.4. The summed E-state index contributed by atoms with van der Waals surface area (Å²) < 4.78 is 5.00. The van der Waals surface area contributed by atoms with E-state index in [1.54, 1.807) is 30.7 Å². The molecule has 0 spiro atoms. The Morgan fingerprint density at radius 1 is 1.21 bits per heavy atom. The normalized spacial score (nSPS) is 19.3. The topological polar surface area (TPSA) is 99.7 Å². The quantitative estimate of drug-likeness (QED) is 0.841. The van der Waals surface area contributed by atoms with Crippen molar-refractivity contribution < 1.29 is 14.3 Å². The lowest BCUT2D eigenvalue weighted by Gasteiger charge is -2.33. The number of nitrogens with one attached hydrogen (secondary N) is 2. The number of nitrogens with zero attached hydrogens (tertiary/aromatic N) is 4. The van der Waals surface area contributed by atoms with E-state index in [9.17, 15) is 9.59 Å². The molecule has 9 nitrogen and oxygen atoms in total. The van der Waals surface area contributed by atoms with Crippen LogP contribution in [0.2, 0.25) is 0 Å². The fraction of sp³-hybridized carbons (Fsp3) is 0.368. The summed E-state index contributed by atoms with van der Waals surface area (Å²) in [6.07, 6.45) is 6.49. The van der Waals surface area contributed by atoms with E-state index < -0.39 is 6.09 Å². The van der Waals surface area contributed by atoms with Crippen molar-refractivity contribution in [1.82, 2.24) is 15.3 Å². The first-order chi connectivity index (χ1) is 13.7. The van der Waals surface area contributed by atoms with Gasteiger partial charge in [0.25, 0.3) is 0 Å². The Kier molecular flexibility index (Phi) is 5.22. The maximum Gasteiger partial charge on any atom is 0.414 e. The van der Waals surface area contributed by atoms with Crippen molar-refractivity contribution in [3.8, 4) is 0 Å². The van der Waals surface area contributed by atoms with Crippen LogP contribution in [-0.2, 0) is 4.74 Å². The van der Waals surface area contributed by atoms with Crippen LogP contribution in [0.4, 0.5) is 26.8 Å². The van der Waals surface area contributed by atoms with Gasteiger partial charge in [0.15, 0.2) is 0 Å². The van der Waals surface area contributed by atoms with E-state index in [1.807, 2.05) is 12.1 Å². The van der Waals surface area contributed by atoms with Gasteiger partial charge in [0.05, 0.1) is 24.1 Å². The smallest absolute Gasteiger partial charge is 0.414 e. The molecule has 146 valence electrons. The molecule has 28 heavy (non-hydrogen) atoms. The third kappa shape index (κ3) is 3.98. The average molecular weight is 382 g/mol. The Balaban J connectivity index is 1.39. The summed E-state index contributed by atoms with van der Waals surface area (Å²) in [5.74, 6) is 0.812. The first kappa shape index (κ1) is 18.0. The summed E-state index contributed by atoms with van der Waals surface area (Å²) in [7, 11) is 0. The molecule has 2 fully saturated rings. The first-order valence-corrected chi connectivity index (χ1v) is 9.32. The number of carbonyl (C=O) groups is 2. The summed E-state index contributed by atoms with van der Waals surface area (Å²) in [5.41, 5.74) is 1.20. The Hall–Kier alpha value is -3.36. The predicted molar refractivity (Wildman–Crippen MR) is 105 cm³/mol. The number of hydrogen-bond acceptors (Lipinski definition) is 6. The molecule has 2 aromatic rings. The average Bonchev–Trinajstić information content (AvgIpc) is 3.15. The van der Waals surface area contributed by atoms with Gasteiger partial charge in [-0.2, -0.15) is 0 Å². The number of amides is 3. The van der Waals surface area contributed by atoms with Gasteiger partial charge in [0.2, 0.25) is 0 Å². The highest BCUT2D eigenvalue weighted by atomic mass is 16.6. The SMILES string of the molecule is O=C(Nc1ccccc1N1CCOC1=O)N[C@@H]1CCCN(c2cnccn2)C1. The Labute approximate surface area is 162 Å². The van der Waals surface area contributed by atoms with Gasteiger partial charge < -0.3 is 20.3 Å². The van der Waals surface area contributed by atoms with Crippen LogP contribution in [0.25, 0.3) is 0 Å². The van der Waals surface area contributed by atoms with Crippen LogP contribution < -0.4 is 20.4 Å². The minimum absolute atomic E-state index is 0.000305. The molecule has 3 amide bonds. The van der Waals surface area contributed by atoms with Gasteiger partial charge in [0, 0.05) is 31.5 Å². The molecule has 2 aliphatic rings. The van der Waals surface area contributed by atoms with Crippen molar-refractivity contribution >= 4 is 29.3 Å². The number of benzene rings is 1. The Morgan fingerprint density at radius 3 is 2.89 bits per heavy atom. The minimum atomic E-state index is -0.401. The van der Waals surface area contributed by atoms with Crippen molar-refractivity contribution in [2.75, 3.05) is 41.4 Å². The second-order valence-electron chi connectivity index (χ2n) is 6.73. The number of para-hydroxylation sites is 2. The number of cyclic esters (lactones) is 1. The van der Waals surface area contributed by atoms with Gasteiger partial charge in [-0.3, -0.25) is 9.88 Å². The molecule has 1 atom stereocenters. The van der Waals surface area contributed by atoms with Gasteiger partial charge in [-0.05, 0) is 25.0 Å². The van der Waals surface area contributed by atoms with Crippen molar-refractivity contribution in [3.63, 3.8) is 0 Å². The lowest BCUT2D eigenvalue weighted by molar-refractivity contribution is 0.181. The van der Waals surface area contributed by atoms with E-state index in [-0.39, 0.29) is 12.1 Å². The van der Waals surface area contributed by atoms with Crippen molar-refractivity contribution in [2.24, 2.45) is 0 Å². The summed E-state index contributed by atoms with van der Waals surface area (Å²) in [4.78, 5) is 36.5. The fourth-order valence-corrected chi connectivity index (χ4v) is 3.53. The molecule has 0 bridgehead atoms. The van der Waals surface area contributed by atoms with E-state index in [0.29, 0.717) is 31.1 Å². The Bertz CT molecular complexity index is 847. The molecule has 3 heterocycles. The van der Waals surface area contributed by atoms with Crippen molar-refractivity contribution in [1.29, 1.82) is 0 Å². The molecule has 0 saturated carbocycles. The largest absolute Gasteiger partial charge is 0.447 e. The summed E-state index contributed by atoms with van der Waals surface area (Å²) in [5, 5.41) is 5.89. The number of aromatic nitrogens is 2. The van der Waals surface area contributed by atoms with Crippen molar-refractivity contribution in [2.45, 2.75) is 18.9 Å². The van der Waals surface area contributed by atoms with Gasteiger partial charge in [-0.1, -0.05) is 12.1 Å². The highest BCUT2D eigenvalue weighted by Gasteiger charge is 2.27. The molecule has 4 rings (SSSR count). The third-order valence-corrected chi connectivity index (χ3v) is 4.83. The lowest BCUT2D eigenvalue weighted by atomic mass is 10.1. The van der Waals surface area contributed by atoms with Gasteiger partial charge in [-0.15, -0.1) is 0 Å². The first-order valence-electron chi connectivity index (χ1n) is 9.32. The van der Waals surface area contributed by atoms with Gasteiger partial charge in [0.1, 0.15) is 12.4 Å². The lowest BCUT2D eigenvalue weighted by Crippen LogP contribution is -2.49. The molecule has 0 radical (unpaired) electrons. The number of hydrogen-bond donors (Lipinski definition) is 2. The van der Waals surface area contributed by atoms with Crippen LogP contribution in [0.5, 0.6) is 0 Å². The fourth-order valence-electron chi connectivity index (χ4n) is 3.53. The molecule has 0 unspecified atom stereocenters. The predicted octanol–water partition coefficient (Wildman–Crippen LogP) is 2.22. The molecule has 1 aromatic heterocycles. The standard InChI is InChI=1S/C19H22N6O3/c26-18(22-14-4-3-9-24(13-14)17-12-20-7-8-21-17)23-15-5-1-2-6-16(15)25-10-11-28-19(25)27/h1-2,5-8,12,14H,3-4,9-11,13H2,(H2,22,23,26)/t14-/m1/s1. The maximum absolute atomic E-state index is 12.6. The highest BCUT2D eigenvalue weighted by Crippen LogP contribution is 2.28. The summed E-state index contributed by atoms with van der Waals surface area (Å²) >= 11 is 0. The number of carbonyl (C=O) groups excluding carboxylic acids is 2. The van der Waals surface area contributed by atoms with Crippen molar-refractivity contribution in [3.05, 3.63) is 42.9 Å². The van der Waals surface area contributed by atoms with E-state index in [2.05, 4.69) is 25.5 Å². The van der Waals surface area contributed by atoms with Crippen LogP contribution in [0.3, 0.4) is 0 Å². The number of piperidine rings is 1. The monoisotopic (exact) mass is 382 g/mol. The van der Waals surface area contributed by atoms with Crippen LogP contribution in [-0.4, -0.2) is 54.4 Å². The van der Waals surface area contributed by atoms with Gasteiger partial charge >= 0.3 is 12.1 Å². The van der Waals surface area contributed by atoms with E-state index in [0.717, 1.165) is 25.2 Å². The zero-order valence-corrected chi connectivity index (χ0v) is 15.4. The van der Waals surface area contributed by atoms with Crippen LogP contribution >= 0.6 is 0 Å². The molecule has 2 saturated heterocycles. The van der Waals surface area contributed by atoms with Crippen LogP contribution in [0.1, 0.15) is 12.8 Å². The molecule has 2 aliphatic heterocycles. The molecule has 1 aromatic carbocycles. The number of rotatable bonds is 4. The van der Waals surface area contributed by atoms with Gasteiger partial charge in [-0.25, -0.2) is 14.6 Å². The molecular formula is C19H22N6O3. The second-order valence-corrected chi connectivity index (χ2v) is 6.73. The molecule has 0 aliphatic carbocycles. The van der Waals surface area contributed by atoms with Crippen LogP contribution in [0, 0.1) is 0 Å². The number of ether oxygens (including phenoxy) is 1. The van der Waals surface area contributed by atoms with E-state index in [1.165, 1.54) is 4.90 Å².